The summed E-state index contributed by atoms with van der Waals surface area (Å²) in [5.41, 5.74) is 4.53. The Balaban J connectivity index is 1.44. The van der Waals surface area contributed by atoms with E-state index in [1.807, 2.05) is 84.9 Å². The van der Waals surface area contributed by atoms with Crippen molar-refractivity contribution >= 4 is 11.9 Å². The molecule has 1 atom stereocenters. The molecule has 1 unspecified atom stereocenters. The van der Waals surface area contributed by atoms with Crippen molar-refractivity contribution in [3.05, 3.63) is 103 Å². The Hall–Kier alpha value is -4.19. The number of benzene rings is 3. The largest absolute Gasteiger partial charge is 0.480 e. The fourth-order valence-corrected chi connectivity index (χ4v) is 3.40. The van der Waals surface area contributed by atoms with E-state index < -0.39 is 18.0 Å². The first kappa shape index (κ1) is 21.1. The fraction of sp³-hybridized carbons (Fsp3) is 0.115. The number of ether oxygens (including phenoxy) is 1. The SMILES string of the molecule is O=C(CC(C(=O)O)n1cnc(-c2ccc(-c3ccccc3)cc2)c1)OCc1ccccc1. The molecule has 0 saturated carbocycles. The summed E-state index contributed by atoms with van der Waals surface area (Å²) in [4.78, 5) is 28.4. The smallest absolute Gasteiger partial charge is 0.327 e. The Labute approximate surface area is 185 Å². The van der Waals surface area contributed by atoms with Gasteiger partial charge in [-0.2, -0.15) is 0 Å². The first-order valence-electron chi connectivity index (χ1n) is 10.2. The molecule has 0 bridgehead atoms. The summed E-state index contributed by atoms with van der Waals surface area (Å²) in [6, 6.07) is 26.1. The number of carboxylic acid groups (broad SMARTS) is 1. The lowest BCUT2D eigenvalue weighted by Gasteiger charge is -2.13. The molecule has 160 valence electrons. The number of nitrogens with zero attached hydrogens (tertiary/aromatic N) is 2. The van der Waals surface area contributed by atoms with E-state index in [9.17, 15) is 14.7 Å². The predicted octanol–water partition coefficient (Wildman–Crippen LogP) is 4.98. The van der Waals surface area contributed by atoms with Gasteiger partial charge in [-0.3, -0.25) is 4.79 Å². The molecule has 3 aromatic carbocycles. The molecule has 1 aromatic heterocycles. The number of carboxylic acids is 1. The molecule has 0 amide bonds. The molecule has 0 fully saturated rings. The molecular weight excluding hydrogens is 404 g/mol. The monoisotopic (exact) mass is 426 g/mol. The third kappa shape index (κ3) is 5.10. The highest BCUT2D eigenvalue weighted by Crippen LogP contribution is 2.25. The van der Waals surface area contributed by atoms with E-state index in [2.05, 4.69) is 4.98 Å². The maximum atomic E-state index is 12.2. The zero-order valence-electron chi connectivity index (χ0n) is 17.3. The normalized spacial score (nSPS) is 11.6. The molecule has 4 rings (SSSR count). The third-order valence-corrected chi connectivity index (χ3v) is 5.14. The van der Waals surface area contributed by atoms with Crippen molar-refractivity contribution in [2.45, 2.75) is 19.1 Å². The van der Waals surface area contributed by atoms with Crippen LogP contribution in [0.25, 0.3) is 22.4 Å². The van der Waals surface area contributed by atoms with E-state index in [0.717, 1.165) is 22.3 Å². The molecule has 1 heterocycles. The lowest BCUT2D eigenvalue weighted by molar-refractivity contribution is -0.151. The minimum atomic E-state index is -1.12. The molecule has 6 nitrogen and oxygen atoms in total. The van der Waals surface area contributed by atoms with Crippen molar-refractivity contribution < 1.29 is 19.4 Å². The van der Waals surface area contributed by atoms with Crippen LogP contribution >= 0.6 is 0 Å². The predicted molar refractivity (Wildman–Crippen MR) is 121 cm³/mol. The zero-order valence-corrected chi connectivity index (χ0v) is 17.3. The van der Waals surface area contributed by atoms with Crippen LogP contribution in [0.3, 0.4) is 0 Å². The number of carbonyl (C=O) groups excluding carboxylic acids is 1. The van der Waals surface area contributed by atoms with Crippen LogP contribution in [0.1, 0.15) is 18.0 Å². The van der Waals surface area contributed by atoms with Gasteiger partial charge >= 0.3 is 11.9 Å². The van der Waals surface area contributed by atoms with E-state index in [-0.39, 0.29) is 13.0 Å². The zero-order chi connectivity index (χ0) is 22.3. The lowest BCUT2D eigenvalue weighted by atomic mass is 10.0. The molecule has 4 aromatic rings. The summed E-state index contributed by atoms with van der Waals surface area (Å²) in [7, 11) is 0. The Morgan fingerprint density at radius 2 is 1.44 bits per heavy atom. The molecule has 1 N–H and O–H groups in total. The van der Waals surface area contributed by atoms with Gasteiger partial charge in [0.25, 0.3) is 0 Å². The van der Waals surface area contributed by atoms with Gasteiger partial charge in [0.1, 0.15) is 12.6 Å². The number of hydrogen-bond donors (Lipinski definition) is 1. The van der Waals surface area contributed by atoms with Crippen LogP contribution in [0, 0.1) is 0 Å². The molecule has 0 aliphatic heterocycles. The third-order valence-electron chi connectivity index (χ3n) is 5.14. The summed E-state index contributed by atoms with van der Waals surface area (Å²) in [5, 5.41) is 9.65. The molecule has 6 heteroatoms. The molecule has 0 aliphatic rings. The van der Waals surface area contributed by atoms with Crippen LogP contribution in [-0.2, 0) is 20.9 Å². The van der Waals surface area contributed by atoms with E-state index in [1.54, 1.807) is 6.20 Å². The number of esters is 1. The second-order valence-corrected chi connectivity index (χ2v) is 7.35. The quantitative estimate of drug-likeness (QED) is 0.402. The minimum Gasteiger partial charge on any atom is -0.480 e. The van der Waals surface area contributed by atoms with Gasteiger partial charge < -0.3 is 14.4 Å². The van der Waals surface area contributed by atoms with E-state index >= 15 is 0 Å². The fourth-order valence-electron chi connectivity index (χ4n) is 3.40. The van der Waals surface area contributed by atoms with Crippen LogP contribution in [0.4, 0.5) is 0 Å². The summed E-state index contributed by atoms with van der Waals surface area (Å²) in [5.74, 6) is -1.70. The molecule has 0 saturated heterocycles. The molecule has 32 heavy (non-hydrogen) atoms. The van der Waals surface area contributed by atoms with Crippen molar-refractivity contribution in [1.82, 2.24) is 9.55 Å². The van der Waals surface area contributed by atoms with E-state index in [0.29, 0.717) is 5.69 Å². The van der Waals surface area contributed by atoms with Gasteiger partial charge in [0.05, 0.1) is 18.4 Å². The maximum Gasteiger partial charge on any atom is 0.327 e. The van der Waals surface area contributed by atoms with Crippen LogP contribution in [0.2, 0.25) is 0 Å². The van der Waals surface area contributed by atoms with Gasteiger partial charge in [-0.25, -0.2) is 9.78 Å². The molecule has 0 spiro atoms. The van der Waals surface area contributed by atoms with Gasteiger partial charge in [-0.05, 0) is 16.7 Å². The average Bonchev–Trinajstić information content (AvgIpc) is 3.32. The first-order valence-corrected chi connectivity index (χ1v) is 10.2. The summed E-state index contributed by atoms with van der Waals surface area (Å²) < 4.78 is 6.68. The Kier molecular flexibility index (Phi) is 6.41. The first-order chi connectivity index (χ1) is 15.6. The standard InChI is InChI=1S/C26H22N2O4/c29-25(32-17-19-7-3-1-4-8-19)15-24(26(30)31)28-16-23(27-18-28)22-13-11-21(12-14-22)20-9-5-2-6-10-20/h1-14,16,18,24H,15,17H2,(H,30,31). The number of aliphatic carboxylic acids is 1. The number of aromatic nitrogens is 2. The minimum absolute atomic E-state index is 0.106. The summed E-state index contributed by atoms with van der Waals surface area (Å²) >= 11 is 0. The highest BCUT2D eigenvalue weighted by atomic mass is 16.5. The molecular formula is C26H22N2O4. The number of hydrogen-bond acceptors (Lipinski definition) is 4. The lowest BCUT2D eigenvalue weighted by Crippen LogP contribution is -2.22. The Morgan fingerprint density at radius 3 is 2.09 bits per heavy atom. The van der Waals surface area contributed by atoms with Crippen LogP contribution in [0.15, 0.2) is 97.5 Å². The van der Waals surface area contributed by atoms with Crippen molar-refractivity contribution in [2.75, 3.05) is 0 Å². The van der Waals surface area contributed by atoms with Crippen LogP contribution < -0.4 is 0 Å². The number of carbonyl (C=O) groups is 2. The summed E-state index contributed by atoms with van der Waals surface area (Å²) in [6.07, 6.45) is 2.79. The van der Waals surface area contributed by atoms with E-state index in [4.69, 9.17) is 4.74 Å². The highest BCUT2D eigenvalue weighted by Gasteiger charge is 2.24. The van der Waals surface area contributed by atoms with Gasteiger partial charge in [-0.15, -0.1) is 0 Å². The van der Waals surface area contributed by atoms with Crippen molar-refractivity contribution in [3.8, 4) is 22.4 Å². The Morgan fingerprint density at radius 1 is 0.844 bits per heavy atom. The van der Waals surface area contributed by atoms with Gasteiger partial charge in [-0.1, -0.05) is 84.9 Å². The second-order valence-electron chi connectivity index (χ2n) is 7.35. The van der Waals surface area contributed by atoms with Crippen LogP contribution in [0.5, 0.6) is 0 Å². The van der Waals surface area contributed by atoms with E-state index in [1.165, 1.54) is 10.9 Å². The highest BCUT2D eigenvalue weighted by molar-refractivity contribution is 5.80. The topological polar surface area (TPSA) is 81.4 Å². The van der Waals surface area contributed by atoms with Crippen molar-refractivity contribution in [2.24, 2.45) is 0 Å². The van der Waals surface area contributed by atoms with Crippen molar-refractivity contribution in [1.29, 1.82) is 0 Å². The van der Waals surface area contributed by atoms with Gasteiger partial charge in [0, 0.05) is 11.8 Å². The molecule has 0 radical (unpaired) electrons. The summed E-state index contributed by atoms with van der Waals surface area (Å²) in [6.45, 7) is 0.106. The number of imidazole rings is 1. The average molecular weight is 426 g/mol. The number of rotatable bonds is 8. The molecule has 0 aliphatic carbocycles. The van der Waals surface area contributed by atoms with Crippen LogP contribution in [-0.4, -0.2) is 26.6 Å². The van der Waals surface area contributed by atoms with Gasteiger partial charge in [0.15, 0.2) is 0 Å². The second kappa shape index (κ2) is 9.75. The Bertz CT molecular complexity index is 1190. The van der Waals surface area contributed by atoms with Crippen molar-refractivity contribution in [3.63, 3.8) is 0 Å². The maximum absolute atomic E-state index is 12.2. The van der Waals surface area contributed by atoms with Gasteiger partial charge in [0.2, 0.25) is 0 Å².